The van der Waals surface area contributed by atoms with Crippen molar-refractivity contribution in [3.8, 4) is 0 Å². The average molecular weight is 327 g/mol. The van der Waals surface area contributed by atoms with E-state index in [9.17, 15) is 0 Å². The minimum absolute atomic E-state index is 0.538. The summed E-state index contributed by atoms with van der Waals surface area (Å²) in [6, 6.07) is 0.731. The maximum absolute atomic E-state index is 6.04. The van der Waals surface area contributed by atoms with E-state index >= 15 is 0 Å². The van der Waals surface area contributed by atoms with Gasteiger partial charge in [0.25, 0.3) is 0 Å². The molecule has 0 unspecified atom stereocenters. The predicted molar refractivity (Wildman–Crippen MR) is 101 cm³/mol. The van der Waals surface area contributed by atoms with Gasteiger partial charge in [-0.05, 0) is 72.1 Å². The van der Waals surface area contributed by atoms with E-state index in [1.807, 2.05) is 0 Å². The number of nitrogens with one attached hydrogen (secondary N) is 1. The fourth-order valence-corrected chi connectivity index (χ4v) is 3.53. The molecule has 0 radical (unpaired) electrons. The molecule has 0 amide bonds. The van der Waals surface area contributed by atoms with Crippen LogP contribution in [0.3, 0.4) is 0 Å². The molecule has 1 fully saturated rings. The molecule has 0 aromatic heterocycles. The highest BCUT2D eigenvalue weighted by Crippen LogP contribution is 2.21. The van der Waals surface area contributed by atoms with E-state index in [1.54, 1.807) is 0 Å². The second-order valence-corrected chi connectivity index (χ2v) is 7.41. The molecule has 1 aliphatic carbocycles. The number of unbranched alkanes of at least 4 members (excludes halogenated alkanes) is 6. The van der Waals surface area contributed by atoms with E-state index in [1.165, 1.54) is 90.1 Å². The second-order valence-electron chi connectivity index (χ2n) is 7.41. The fourth-order valence-electron chi connectivity index (χ4n) is 3.53. The van der Waals surface area contributed by atoms with Gasteiger partial charge >= 0.3 is 0 Å². The highest BCUT2D eigenvalue weighted by atomic mass is 16.5. The van der Waals surface area contributed by atoms with Gasteiger partial charge < -0.3 is 15.0 Å². The molecule has 0 aromatic rings. The summed E-state index contributed by atoms with van der Waals surface area (Å²) in [6.07, 6.45) is 16.4. The van der Waals surface area contributed by atoms with Crippen LogP contribution in [0, 0.1) is 0 Å². The van der Waals surface area contributed by atoms with E-state index in [4.69, 9.17) is 4.74 Å². The summed E-state index contributed by atoms with van der Waals surface area (Å²) in [5.74, 6) is 0. The fraction of sp³-hybridized carbons (Fsp3) is 1.00. The quantitative estimate of drug-likeness (QED) is 0.472. The molecular weight excluding hydrogens is 284 g/mol. The van der Waals surface area contributed by atoms with Gasteiger partial charge in [0.2, 0.25) is 0 Å². The van der Waals surface area contributed by atoms with Crippen LogP contribution < -0.4 is 5.32 Å². The molecule has 1 N–H and O–H groups in total. The maximum Gasteiger partial charge on any atom is 0.0576 e. The van der Waals surface area contributed by atoms with Crippen molar-refractivity contribution in [3.63, 3.8) is 0 Å². The normalized spacial score (nSPS) is 21.9. The Labute approximate surface area is 145 Å². The van der Waals surface area contributed by atoms with Crippen molar-refractivity contribution < 1.29 is 4.74 Å². The second kappa shape index (κ2) is 14.2. The lowest BCUT2D eigenvalue weighted by molar-refractivity contribution is 0.0210. The molecule has 0 aliphatic heterocycles. The predicted octanol–water partition coefficient (Wildman–Crippen LogP) is 4.61. The zero-order valence-corrected chi connectivity index (χ0v) is 16.1. The number of hydrogen-bond acceptors (Lipinski definition) is 3. The molecule has 0 atom stereocenters. The number of ether oxygens (including phenoxy) is 1. The minimum Gasteiger partial charge on any atom is -0.378 e. The highest BCUT2D eigenvalue weighted by Gasteiger charge is 2.19. The van der Waals surface area contributed by atoms with Crippen molar-refractivity contribution in [1.82, 2.24) is 10.2 Å². The van der Waals surface area contributed by atoms with Crippen LogP contribution in [0.2, 0.25) is 0 Å². The van der Waals surface area contributed by atoms with Crippen LogP contribution >= 0.6 is 0 Å². The van der Waals surface area contributed by atoms with Crippen molar-refractivity contribution >= 4 is 0 Å². The molecule has 0 aromatic carbocycles. The standard InChI is InChI=1S/C20H42N2O/c1-4-5-9-16-22(3)17-10-7-6-8-11-18-23-20-14-12-19(21-2)13-15-20/h19-21H,4-18H2,1-3H3. The lowest BCUT2D eigenvalue weighted by Crippen LogP contribution is -2.33. The lowest BCUT2D eigenvalue weighted by atomic mass is 9.93. The molecule has 0 heterocycles. The smallest absolute Gasteiger partial charge is 0.0576 e. The first-order chi connectivity index (χ1) is 11.3. The van der Waals surface area contributed by atoms with Crippen LogP contribution in [-0.4, -0.2) is 50.8 Å². The third-order valence-corrected chi connectivity index (χ3v) is 5.26. The molecule has 3 heteroatoms. The summed E-state index contributed by atoms with van der Waals surface area (Å²) >= 11 is 0. The molecule has 138 valence electrons. The van der Waals surface area contributed by atoms with Gasteiger partial charge in [-0.15, -0.1) is 0 Å². The summed E-state index contributed by atoms with van der Waals surface area (Å²) < 4.78 is 6.04. The Hall–Kier alpha value is -0.120. The van der Waals surface area contributed by atoms with Crippen molar-refractivity contribution in [3.05, 3.63) is 0 Å². The van der Waals surface area contributed by atoms with E-state index in [-0.39, 0.29) is 0 Å². The summed E-state index contributed by atoms with van der Waals surface area (Å²) in [5, 5.41) is 3.38. The van der Waals surface area contributed by atoms with Gasteiger partial charge in [0, 0.05) is 12.6 Å². The minimum atomic E-state index is 0.538. The molecule has 0 spiro atoms. The lowest BCUT2D eigenvalue weighted by Gasteiger charge is -2.28. The van der Waals surface area contributed by atoms with Crippen LogP contribution in [0.5, 0.6) is 0 Å². The highest BCUT2D eigenvalue weighted by molar-refractivity contribution is 4.76. The molecule has 1 aliphatic rings. The zero-order chi connectivity index (χ0) is 16.8. The van der Waals surface area contributed by atoms with Gasteiger partial charge in [0.1, 0.15) is 0 Å². The average Bonchev–Trinajstić information content (AvgIpc) is 2.58. The Bertz CT molecular complexity index is 252. The van der Waals surface area contributed by atoms with Gasteiger partial charge in [-0.2, -0.15) is 0 Å². The zero-order valence-electron chi connectivity index (χ0n) is 16.1. The Morgan fingerprint density at radius 1 is 0.870 bits per heavy atom. The van der Waals surface area contributed by atoms with Gasteiger partial charge in [-0.1, -0.05) is 39.0 Å². The molecular formula is C20H42N2O. The van der Waals surface area contributed by atoms with Gasteiger partial charge in [0.05, 0.1) is 6.10 Å². The largest absolute Gasteiger partial charge is 0.378 e. The van der Waals surface area contributed by atoms with Crippen LogP contribution in [0.4, 0.5) is 0 Å². The molecule has 1 saturated carbocycles. The molecule has 3 nitrogen and oxygen atoms in total. The van der Waals surface area contributed by atoms with Gasteiger partial charge in [0.15, 0.2) is 0 Å². The summed E-state index contributed by atoms with van der Waals surface area (Å²) in [4.78, 5) is 2.50. The van der Waals surface area contributed by atoms with E-state index in [0.29, 0.717) is 6.10 Å². The van der Waals surface area contributed by atoms with Crippen molar-refractivity contribution in [2.75, 3.05) is 33.8 Å². The Morgan fingerprint density at radius 3 is 2.13 bits per heavy atom. The monoisotopic (exact) mass is 326 g/mol. The molecule has 0 saturated heterocycles. The van der Waals surface area contributed by atoms with Crippen molar-refractivity contribution in [2.45, 2.75) is 96.1 Å². The molecule has 0 bridgehead atoms. The first kappa shape index (κ1) is 20.9. The maximum atomic E-state index is 6.04. The number of rotatable bonds is 14. The molecule has 1 rings (SSSR count). The number of hydrogen-bond donors (Lipinski definition) is 1. The van der Waals surface area contributed by atoms with Crippen molar-refractivity contribution in [2.24, 2.45) is 0 Å². The van der Waals surface area contributed by atoms with Crippen molar-refractivity contribution in [1.29, 1.82) is 0 Å². The van der Waals surface area contributed by atoms with E-state index < -0.39 is 0 Å². The van der Waals surface area contributed by atoms with Crippen LogP contribution in [0.25, 0.3) is 0 Å². The first-order valence-electron chi connectivity index (χ1n) is 10.2. The van der Waals surface area contributed by atoms with E-state index in [0.717, 1.165) is 12.6 Å². The summed E-state index contributed by atoms with van der Waals surface area (Å²) in [6.45, 7) is 5.80. The summed E-state index contributed by atoms with van der Waals surface area (Å²) in [7, 11) is 4.35. The molecule has 23 heavy (non-hydrogen) atoms. The summed E-state index contributed by atoms with van der Waals surface area (Å²) in [5.41, 5.74) is 0. The van der Waals surface area contributed by atoms with Gasteiger partial charge in [-0.3, -0.25) is 0 Å². The van der Waals surface area contributed by atoms with Crippen LogP contribution in [0.15, 0.2) is 0 Å². The Balaban J connectivity index is 1.81. The van der Waals surface area contributed by atoms with Gasteiger partial charge in [-0.25, -0.2) is 0 Å². The third-order valence-electron chi connectivity index (χ3n) is 5.26. The SMILES string of the molecule is CCCCCN(C)CCCCCCCOC1CCC(NC)CC1. The topological polar surface area (TPSA) is 24.5 Å². The number of nitrogens with zero attached hydrogens (tertiary/aromatic N) is 1. The third kappa shape index (κ3) is 11.1. The first-order valence-corrected chi connectivity index (χ1v) is 10.2. The Morgan fingerprint density at radius 2 is 1.48 bits per heavy atom. The van der Waals surface area contributed by atoms with Crippen LogP contribution in [0.1, 0.15) is 84.0 Å². The van der Waals surface area contributed by atoms with E-state index in [2.05, 4.69) is 31.2 Å². The Kier molecular flexibility index (Phi) is 13.0. The van der Waals surface area contributed by atoms with Crippen LogP contribution in [-0.2, 0) is 4.74 Å².